The van der Waals surface area contributed by atoms with E-state index < -0.39 is 12.0 Å². The molecule has 0 aromatic heterocycles. The molecule has 0 saturated heterocycles. The van der Waals surface area contributed by atoms with Crippen LogP contribution < -0.4 is 11.1 Å². The number of amides is 1. The van der Waals surface area contributed by atoms with Gasteiger partial charge in [0.2, 0.25) is 5.91 Å². The Kier molecular flexibility index (Phi) is 46.8. The van der Waals surface area contributed by atoms with Gasteiger partial charge in [0.05, 0.1) is 0 Å². The summed E-state index contributed by atoms with van der Waals surface area (Å²) in [5.41, 5.74) is 5.50. The number of rotatable bonds is 47. The van der Waals surface area contributed by atoms with Crippen molar-refractivity contribution >= 4 is 17.8 Å². The normalized spacial score (nSPS) is 13.1. The summed E-state index contributed by atoms with van der Waals surface area (Å²) >= 11 is 0. The highest BCUT2D eigenvalue weighted by atomic mass is 16.5. The molecule has 0 aliphatic carbocycles. The van der Waals surface area contributed by atoms with Crippen LogP contribution >= 0.6 is 0 Å². The van der Waals surface area contributed by atoms with E-state index in [4.69, 9.17) is 10.5 Å². The Morgan fingerprint density at radius 3 is 1.34 bits per heavy atom. The maximum Gasteiger partial charge on any atom is 0.326 e. The molecule has 62 heavy (non-hydrogen) atoms. The van der Waals surface area contributed by atoms with Crippen LogP contribution in [0.5, 0.6) is 0 Å². The zero-order valence-electron chi connectivity index (χ0n) is 40.5. The molecular weight excluding hydrogens is 769 g/mol. The molecule has 0 aliphatic rings. The molecule has 0 radical (unpaired) electrons. The van der Waals surface area contributed by atoms with Crippen molar-refractivity contribution in [2.45, 2.75) is 264 Å². The minimum Gasteiger partial charge on any atom is -0.480 e. The second-order valence-corrected chi connectivity index (χ2v) is 17.6. The number of carboxylic acid groups (broad SMARTS) is 1. The van der Waals surface area contributed by atoms with Crippen molar-refractivity contribution in [2.24, 2.45) is 5.73 Å². The van der Waals surface area contributed by atoms with E-state index in [0.717, 1.165) is 109 Å². The molecule has 0 aromatic rings. The second kappa shape index (κ2) is 49.1. The second-order valence-electron chi connectivity index (χ2n) is 17.6. The number of hydrogen-bond acceptors (Lipinski definition) is 5. The molecule has 0 bridgehead atoms. The third-order valence-electron chi connectivity index (χ3n) is 11.6. The molecule has 4 N–H and O–H groups in total. The van der Waals surface area contributed by atoms with E-state index in [1.165, 1.54) is 103 Å². The fourth-order valence-corrected chi connectivity index (χ4v) is 7.71. The van der Waals surface area contributed by atoms with Crippen LogP contribution in [0.1, 0.15) is 251 Å². The van der Waals surface area contributed by atoms with Gasteiger partial charge in [-0.1, -0.05) is 203 Å². The number of allylic oxidation sites excluding steroid dienone is 10. The summed E-state index contributed by atoms with van der Waals surface area (Å²) in [6, 6.07) is -0.860. The van der Waals surface area contributed by atoms with Crippen molar-refractivity contribution < 1.29 is 24.2 Å². The van der Waals surface area contributed by atoms with Gasteiger partial charge in [-0.15, -0.1) is 0 Å². The zero-order chi connectivity index (χ0) is 45.2. The summed E-state index contributed by atoms with van der Waals surface area (Å²) in [6.07, 6.45) is 62.8. The largest absolute Gasteiger partial charge is 0.480 e. The fourth-order valence-electron chi connectivity index (χ4n) is 7.71. The topological polar surface area (TPSA) is 119 Å². The van der Waals surface area contributed by atoms with Crippen molar-refractivity contribution in [3.8, 4) is 0 Å². The average molecular weight is 867 g/mol. The number of nitrogens with one attached hydrogen (secondary N) is 1. The van der Waals surface area contributed by atoms with E-state index in [1.807, 2.05) is 0 Å². The number of ether oxygens (including phenoxy) is 1. The summed E-state index contributed by atoms with van der Waals surface area (Å²) in [4.78, 5) is 36.6. The third kappa shape index (κ3) is 45.1. The fraction of sp³-hybridized carbons (Fsp3) is 0.764. The molecule has 2 unspecified atom stereocenters. The number of carboxylic acids is 1. The van der Waals surface area contributed by atoms with Gasteiger partial charge >= 0.3 is 11.9 Å². The van der Waals surface area contributed by atoms with Crippen LogP contribution in [0.3, 0.4) is 0 Å². The Balaban J connectivity index is 4.33. The summed E-state index contributed by atoms with van der Waals surface area (Å²) in [5, 5.41) is 12.0. The minimum atomic E-state index is -1.00. The van der Waals surface area contributed by atoms with Crippen LogP contribution in [0.2, 0.25) is 0 Å². The standard InChI is InChI=1S/C55H98N2O5/c1-3-5-7-9-11-13-15-17-19-20-21-22-23-24-26-28-30-32-34-39-43-49-54(59)62-51(45-40-36-33-31-29-27-25-18-16-14-12-10-8-6-4-2)46-41-37-35-38-42-48-53(58)57-52(55(60)61)47-44-50-56/h5,7,11,13,17,19,21-22,24,26,51-52H,3-4,6,8-10,12,14-16,18,20,23,25,27-50,56H2,1-2H3,(H,57,58)(H,60,61)/b7-5-,13-11-,19-17-,22-21-,26-24-. The van der Waals surface area contributed by atoms with Gasteiger partial charge in [0.25, 0.3) is 0 Å². The molecular formula is C55H98N2O5. The van der Waals surface area contributed by atoms with Gasteiger partial charge in [0.1, 0.15) is 12.1 Å². The van der Waals surface area contributed by atoms with Gasteiger partial charge < -0.3 is 20.9 Å². The number of hydrogen-bond donors (Lipinski definition) is 3. The number of carbonyl (C=O) groups excluding carboxylic acids is 2. The van der Waals surface area contributed by atoms with Gasteiger partial charge in [-0.3, -0.25) is 9.59 Å². The zero-order valence-corrected chi connectivity index (χ0v) is 40.5. The third-order valence-corrected chi connectivity index (χ3v) is 11.6. The molecule has 0 spiro atoms. The number of esters is 1. The van der Waals surface area contributed by atoms with Crippen molar-refractivity contribution in [1.82, 2.24) is 5.32 Å². The first-order valence-electron chi connectivity index (χ1n) is 26.1. The molecule has 0 saturated carbocycles. The van der Waals surface area contributed by atoms with E-state index in [9.17, 15) is 19.5 Å². The lowest BCUT2D eigenvalue weighted by Crippen LogP contribution is -2.40. The Morgan fingerprint density at radius 2 is 0.887 bits per heavy atom. The first-order valence-corrected chi connectivity index (χ1v) is 26.1. The van der Waals surface area contributed by atoms with Crippen molar-refractivity contribution in [3.63, 3.8) is 0 Å². The molecule has 358 valence electrons. The van der Waals surface area contributed by atoms with Crippen molar-refractivity contribution in [1.29, 1.82) is 0 Å². The van der Waals surface area contributed by atoms with Crippen molar-refractivity contribution in [2.75, 3.05) is 6.54 Å². The lowest BCUT2D eigenvalue weighted by molar-refractivity contribution is -0.150. The highest BCUT2D eigenvalue weighted by molar-refractivity contribution is 5.83. The predicted octanol–water partition coefficient (Wildman–Crippen LogP) is 15.7. The van der Waals surface area contributed by atoms with Gasteiger partial charge in [-0.25, -0.2) is 4.79 Å². The number of nitrogens with two attached hydrogens (primary N) is 1. The number of unbranched alkanes of at least 4 members (excludes halogenated alkanes) is 23. The maximum absolute atomic E-state index is 12.9. The molecule has 0 aromatic carbocycles. The molecule has 0 rings (SSSR count). The summed E-state index contributed by atoms with van der Waals surface area (Å²) in [5.74, 6) is -1.24. The molecule has 0 fully saturated rings. The first kappa shape index (κ1) is 59.1. The first-order chi connectivity index (χ1) is 30.4. The van der Waals surface area contributed by atoms with E-state index in [2.05, 4.69) is 79.9 Å². The highest BCUT2D eigenvalue weighted by Crippen LogP contribution is 2.19. The van der Waals surface area contributed by atoms with E-state index in [-0.39, 0.29) is 18.0 Å². The summed E-state index contributed by atoms with van der Waals surface area (Å²) < 4.78 is 6.09. The Bertz CT molecular complexity index is 1160. The minimum absolute atomic E-state index is 0.000178. The SMILES string of the molecule is CC/C=C\C/C=C\C/C=C\C/C=C\C/C=C\CCCCCCCC(=O)OC(CCCCCCCCCCCCCCCCC)CCCCCCCC(=O)NC(CCCN)C(=O)O. The summed E-state index contributed by atoms with van der Waals surface area (Å²) in [7, 11) is 0. The summed E-state index contributed by atoms with van der Waals surface area (Å²) in [6.45, 7) is 4.85. The van der Waals surface area contributed by atoms with E-state index in [1.54, 1.807) is 0 Å². The van der Waals surface area contributed by atoms with Crippen LogP contribution in [0.4, 0.5) is 0 Å². The van der Waals surface area contributed by atoms with Crippen molar-refractivity contribution in [3.05, 3.63) is 60.8 Å². The smallest absolute Gasteiger partial charge is 0.326 e. The Labute approximate surface area is 382 Å². The molecule has 7 nitrogen and oxygen atoms in total. The Hall–Kier alpha value is -2.93. The van der Waals surface area contributed by atoms with Crippen LogP contribution in [-0.2, 0) is 19.1 Å². The molecule has 7 heteroatoms. The predicted molar refractivity (Wildman–Crippen MR) is 266 cm³/mol. The van der Waals surface area contributed by atoms with Gasteiger partial charge in [0, 0.05) is 12.8 Å². The van der Waals surface area contributed by atoms with Gasteiger partial charge in [-0.05, 0) is 103 Å². The van der Waals surface area contributed by atoms with Crippen LogP contribution in [0.15, 0.2) is 60.8 Å². The lowest BCUT2D eigenvalue weighted by atomic mass is 10.0. The van der Waals surface area contributed by atoms with Gasteiger partial charge in [0.15, 0.2) is 0 Å². The van der Waals surface area contributed by atoms with E-state index in [0.29, 0.717) is 32.2 Å². The quantitative estimate of drug-likeness (QED) is 0.0318. The molecule has 0 heterocycles. The van der Waals surface area contributed by atoms with E-state index >= 15 is 0 Å². The molecule has 1 amide bonds. The number of carbonyl (C=O) groups is 3. The van der Waals surface area contributed by atoms with Gasteiger partial charge in [-0.2, -0.15) is 0 Å². The van der Waals surface area contributed by atoms with Crippen LogP contribution in [0.25, 0.3) is 0 Å². The van der Waals surface area contributed by atoms with Crippen LogP contribution in [0, 0.1) is 0 Å². The molecule has 2 atom stereocenters. The highest BCUT2D eigenvalue weighted by Gasteiger charge is 2.19. The lowest BCUT2D eigenvalue weighted by Gasteiger charge is -2.18. The monoisotopic (exact) mass is 867 g/mol. The average Bonchev–Trinajstić information content (AvgIpc) is 3.26. The number of aliphatic carboxylic acids is 1. The Morgan fingerprint density at radius 1 is 0.484 bits per heavy atom. The van der Waals surface area contributed by atoms with Crippen LogP contribution in [-0.4, -0.2) is 41.6 Å². The molecule has 0 aliphatic heterocycles. The maximum atomic E-state index is 12.9.